The Hall–Kier alpha value is -1.86. The summed E-state index contributed by atoms with van der Waals surface area (Å²) in [4.78, 5) is 25.3. The number of carbonyl (C=O) groups is 2. The third-order valence-corrected chi connectivity index (χ3v) is 9.79. The van der Waals surface area contributed by atoms with Gasteiger partial charge in [-0.15, -0.1) is 0 Å². The minimum absolute atomic E-state index is 0.0208. The monoisotopic (exact) mass is 379 g/mol. The molecule has 1 N–H and O–H groups in total. The number of hydrogen-bond donors (Lipinski definition) is 1. The normalized spacial score (nSPS) is 20.9. The van der Waals surface area contributed by atoms with Crippen LogP contribution in [-0.4, -0.2) is 49.1 Å². The molecule has 0 aromatic heterocycles. The van der Waals surface area contributed by atoms with Crippen LogP contribution in [0.5, 0.6) is 0 Å². The second kappa shape index (κ2) is 7.80. The van der Waals surface area contributed by atoms with Crippen molar-refractivity contribution >= 4 is 20.4 Å². The SMILES string of the molecule is CC(C)(C)[Si](C)(C)OC1C[C@H](C(=O)O)N(C(=O)OCc2ccccc2)C1. The van der Waals surface area contributed by atoms with E-state index >= 15 is 0 Å². The van der Waals surface area contributed by atoms with E-state index in [9.17, 15) is 14.7 Å². The maximum absolute atomic E-state index is 12.4. The van der Waals surface area contributed by atoms with Gasteiger partial charge in [-0.3, -0.25) is 4.90 Å². The molecule has 7 heteroatoms. The van der Waals surface area contributed by atoms with Crippen LogP contribution in [0.15, 0.2) is 30.3 Å². The van der Waals surface area contributed by atoms with Crippen LogP contribution in [0.3, 0.4) is 0 Å². The van der Waals surface area contributed by atoms with Crippen LogP contribution in [0.25, 0.3) is 0 Å². The highest BCUT2D eigenvalue weighted by atomic mass is 28.4. The zero-order chi connectivity index (χ0) is 19.5. The van der Waals surface area contributed by atoms with Crippen molar-refractivity contribution in [1.82, 2.24) is 4.90 Å². The molecule has 6 nitrogen and oxygen atoms in total. The zero-order valence-corrected chi connectivity index (χ0v) is 17.2. The van der Waals surface area contributed by atoms with E-state index in [2.05, 4.69) is 33.9 Å². The molecule has 0 radical (unpaired) electrons. The van der Waals surface area contributed by atoms with E-state index in [4.69, 9.17) is 9.16 Å². The van der Waals surface area contributed by atoms with Gasteiger partial charge in [0.05, 0.1) is 6.10 Å². The molecule has 0 aliphatic carbocycles. The van der Waals surface area contributed by atoms with Gasteiger partial charge in [0.15, 0.2) is 8.32 Å². The Bertz CT molecular complexity index is 641. The Kier molecular flexibility index (Phi) is 6.13. The summed E-state index contributed by atoms with van der Waals surface area (Å²) in [6.45, 7) is 11.0. The first-order valence-electron chi connectivity index (χ1n) is 8.89. The summed E-state index contributed by atoms with van der Waals surface area (Å²) in [5.41, 5.74) is 0.862. The van der Waals surface area contributed by atoms with Crippen LogP contribution in [0, 0.1) is 0 Å². The second-order valence-corrected chi connectivity index (χ2v) is 13.0. The maximum Gasteiger partial charge on any atom is 0.410 e. The van der Waals surface area contributed by atoms with Crippen LogP contribution in [0.2, 0.25) is 18.1 Å². The van der Waals surface area contributed by atoms with Crippen molar-refractivity contribution < 1.29 is 23.9 Å². The van der Waals surface area contributed by atoms with Crippen molar-refractivity contribution in [3.8, 4) is 0 Å². The first-order valence-corrected chi connectivity index (χ1v) is 11.8. The van der Waals surface area contributed by atoms with E-state index < -0.39 is 26.4 Å². The summed E-state index contributed by atoms with van der Waals surface area (Å²) in [6, 6.07) is 8.41. The number of benzene rings is 1. The fourth-order valence-corrected chi connectivity index (χ4v) is 4.07. The predicted octanol–water partition coefficient (Wildman–Crippen LogP) is 3.87. The standard InChI is InChI=1S/C19H29NO5Si/c1-19(2,3)26(4,5)25-15-11-16(17(21)22)20(12-15)18(23)24-13-14-9-7-6-8-10-14/h6-10,15-16H,11-13H2,1-5H3,(H,21,22)/t15?,16-/m1/s1. The third kappa shape index (κ3) is 4.85. The van der Waals surface area contributed by atoms with E-state index in [0.717, 1.165) is 5.56 Å². The minimum atomic E-state index is -2.04. The Morgan fingerprint density at radius 1 is 1.23 bits per heavy atom. The molecular weight excluding hydrogens is 350 g/mol. The second-order valence-electron chi connectivity index (χ2n) is 8.28. The molecule has 1 heterocycles. The van der Waals surface area contributed by atoms with Gasteiger partial charge in [-0.05, 0) is 23.7 Å². The summed E-state index contributed by atoms with van der Waals surface area (Å²) in [7, 11) is -2.04. The van der Waals surface area contributed by atoms with Gasteiger partial charge in [0.2, 0.25) is 0 Å². The lowest BCUT2D eigenvalue weighted by Gasteiger charge is -2.38. The number of aliphatic carboxylic acids is 1. The summed E-state index contributed by atoms with van der Waals surface area (Å²) in [6.07, 6.45) is -0.591. The molecule has 0 spiro atoms. The van der Waals surface area contributed by atoms with Crippen LogP contribution >= 0.6 is 0 Å². The number of carboxylic acids is 1. The third-order valence-electron chi connectivity index (χ3n) is 5.25. The number of amides is 1. The molecule has 26 heavy (non-hydrogen) atoms. The molecule has 1 aliphatic heterocycles. The van der Waals surface area contributed by atoms with E-state index in [1.807, 2.05) is 30.3 Å². The molecule has 1 aromatic carbocycles. The van der Waals surface area contributed by atoms with Crippen LogP contribution < -0.4 is 0 Å². The summed E-state index contributed by atoms with van der Waals surface area (Å²) in [5.74, 6) is -1.03. The van der Waals surface area contributed by atoms with Crippen molar-refractivity contribution in [2.45, 2.75) is 64.1 Å². The van der Waals surface area contributed by atoms with E-state index in [1.165, 1.54) is 4.90 Å². The van der Waals surface area contributed by atoms with Crippen molar-refractivity contribution in [2.75, 3.05) is 6.54 Å². The first kappa shape index (κ1) is 20.4. The Balaban J connectivity index is 2.02. The topological polar surface area (TPSA) is 76.1 Å². The fraction of sp³-hybridized carbons (Fsp3) is 0.579. The van der Waals surface area contributed by atoms with E-state index in [1.54, 1.807) is 0 Å². The van der Waals surface area contributed by atoms with E-state index in [-0.39, 0.29) is 24.3 Å². The number of ether oxygens (including phenoxy) is 1. The first-order chi connectivity index (χ1) is 12.0. The van der Waals surface area contributed by atoms with Crippen LogP contribution in [0.1, 0.15) is 32.8 Å². The lowest BCUT2D eigenvalue weighted by atomic mass is 10.2. The largest absolute Gasteiger partial charge is 0.480 e. The van der Waals surface area contributed by atoms with Crippen LogP contribution in [0.4, 0.5) is 4.79 Å². The van der Waals surface area contributed by atoms with Crippen molar-refractivity contribution in [3.63, 3.8) is 0 Å². The Morgan fingerprint density at radius 3 is 2.38 bits per heavy atom. The number of carbonyl (C=O) groups excluding carboxylic acids is 1. The molecular formula is C19H29NO5Si. The lowest BCUT2D eigenvalue weighted by molar-refractivity contribution is -0.141. The molecule has 1 aromatic rings. The van der Waals surface area contributed by atoms with Gasteiger partial charge < -0.3 is 14.3 Å². The fourth-order valence-electron chi connectivity index (χ4n) is 2.71. The van der Waals surface area contributed by atoms with Gasteiger partial charge in [0.25, 0.3) is 0 Å². The van der Waals surface area contributed by atoms with Crippen LogP contribution in [-0.2, 0) is 20.6 Å². The van der Waals surface area contributed by atoms with Crippen molar-refractivity contribution in [2.24, 2.45) is 0 Å². The number of likely N-dealkylation sites (tertiary alicyclic amines) is 1. The molecule has 2 rings (SSSR count). The lowest BCUT2D eigenvalue weighted by Crippen LogP contribution is -2.45. The van der Waals surface area contributed by atoms with Gasteiger partial charge in [-0.2, -0.15) is 0 Å². The molecule has 1 unspecified atom stereocenters. The predicted molar refractivity (Wildman–Crippen MR) is 101 cm³/mol. The summed E-state index contributed by atoms with van der Waals surface area (Å²) < 4.78 is 11.6. The smallest absolute Gasteiger partial charge is 0.410 e. The van der Waals surface area contributed by atoms with Gasteiger partial charge in [-0.25, -0.2) is 9.59 Å². The van der Waals surface area contributed by atoms with Gasteiger partial charge in [0, 0.05) is 13.0 Å². The van der Waals surface area contributed by atoms with E-state index in [0.29, 0.717) is 6.42 Å². The zero-order valence-electron chi connectivity index (χ0n) is 16.2. The highest BCUT2D eigenvalue weighted by molar-refractivity contribution is 6.74. The highest BCUT2D eigenvalue weighted by Gasteiger charge is 2.46. The Labute approximate surface area is 156 Å². The summed E-state index contributed by atoms with van der Waals surface area (Å²) >= 11 is 0. The summed E-state index contributed by atoms with van der Waals surface area (Å²) in [5, 5.41) is 9.52. The van der Waals surface area contributed by atoms with Crippen molar-refractivity contribution in [3.05, 3.63) is 35.9 Å². The Morgan fingerprint density at radius 2 is 1.85 bits per heavy atom. The number of rotatable bonds is 5. The minimum Gasteiger partial charge on any atom is -0.480 e. The van der Waals surface area contributed by atoms with Gasteiger partial charge >= 0.3 is 12.1 Å². The highest BCUT2D eigenvalue weighted by Crippen LogP contribution is 2.39. The maximum atomic E-state index is 12.4. The molecule has 0 bridgehead atoms. The molecule has 1 saturated heterocycles. The van der Waals surface area contributed by atoms with Gasteiger partial charge in [0.1, 0.15) is 12.6 Å². The molecule has 1 fully saturated rings. The number of nitrogens with zero attached hydrogens (tertiary/aromatic N) is 1. The molecule has 1 aliphatic rings. The average molecular weight is 380 g/mol. The van der Waals surface area contributed by atoms with Crippen molar-refractivity contribution in [1.29, 1.82) is 0 Å². The van der Waals surface area contributed by atoms with Gasteiger partial charge in [-0.1, -0.05) is 51.1 Å². The number of carboxylic acid groups (broad SMARTS) is 1. The molecule has 2 atom stereocenters. The number of hydrogen-bond acceptors (Lipinski definition) is 4. The average Bonchev–Trinajstić information content (AvgIpc) is 2.96. The molecule has 0 saturated carbocycles. The molecule has 1 amide bonds. The molecule has 144 valence electrons. The quantitative estimate of drug-likeness (QED) is 0.786.